The Morgan fingerprint density at radius 1 is 0.531 bits per heavy atom. The van der Waals surface area contributed by atoms with Crippen LogP contribution in [0.4, 0.5) is 0 Å². The molecule has 0 unspecified atom stereocenters. The molecule has 0 spiro atoms. The van der Waals surface area contributed by atoms with E-state index >= 15 is 0 Å². The molecule has 170 valence electrons. The van der Waals surface area contributed by atoms with Crippen molar-refractivity contribution in [3.63, 3.8) is 0 Å². The highest BCUT2D eigenvalue weighted by atomic mass is 16.7. The Morgan fingerprint density at radius 3 is 1.50 bits per heavy atom. The second kappa shape index (κ2) is 13.8. The van der Waals surface area contributed by atoms with Crippen LogP contribution in [0.5, 0.6) is 0 Å². The van der Waals surface area contributed by atoms with Gasteiger partial charge in [0.25, 0.3) is 0 Å². The van der Waals surface area contributed by atoms with E-state index in [2.05, 4.69) is 72.8 Å². The van der Waals surface area contributed by atoms with Gasteiger partial charge in [-0.1, -0.05) is 91.0 Å². The van der Waals surface area contributed by atoms with Crippen LogP contribution in [0.25, 0.3) is 0 Å². The van der Waals surface area contributed by atoms with Crippen LogP contribution in [0.1, 0.15) is 36.0 Å². The summed E-state index contributed by atoms with van der Waals surface area (Å²) in [6.45, 7) is 2.81. The molecule has 0 fully saturated rings. The van der Waals surface area contributed by atoms with Crippen molar-refractivity contribution in [3.8, 4) is 0 Å². The topological polar surface area (TPSA) is 36.9 Å². The van der Waals surface area contributed by atoms with Crippen molar-refractivity contribution in [2.45, 2.75) is 24.9 Å². The summed E-state index contributed by atoms with van der Waals surface area (Å²) in [6.07, 6.45) is 2.97. The van der Waals surface area contributed by atoms with Crippen molar-refractivity contribution >= 4 is 0 Å². The highest BCUT2D eigenvalue weighted by Crippen LogP contribution is 2.40. The van der Waals surface area contributed by atoms with Crippen molar-refractivity contribution in [1.29, 1.82) is 0 Å². The minimum Gasteiger partial charge on any atom is -0.382 e. The maximum absolute atomic E-state index is 6.78. The van der Waals surface area contributed by atoms with Crippen LogP contribution in [-0.2, 0) is 24.5 Å². The van der Waals surface area contributed by atoms with E-state index in [4.69, 9.17) is 18.9 Å². The number of hydrogen-bond donors (Lipinski definition) is 0. The van der Waals surface area contributed by atoms with Crippen LogP contribution in [0, 0.1) is 0 Å². The summed E-state index contributed by atoms with van der Waals surface area (Å²) in [5.41, 5.74) is 2.76. The molecule has 0 saturated heterocycles. The Balaban J connectivity index is 1.64. The Bertz CT molecular complexity index is 756. The maximum Gasteiger partial charge on any atom is 0.146 e. The van der Waals surface area contributed by atoms with Crippen LogP contribution in [0.3, 0.4) is 0 Å². The molecule has 0 heterocycles. The summed E-state index contributed by atoms with van der Waals surface area (Å²) >= 11 is 0. The highest BCUT2D eigenvalue weighted by Gasteiger charge is 2.37. The number of rotatable bonds is 15. The number of benzene rings is 3. The molecule has 0 aliphatic rings. The quantitative estimate of drug-likeness (QED) is 0.172. The minimum absolute atomic E-state index is 0.318. The smallest absolute Gasteiger partial charge is 0.146 e. The van der Waals surface area contributed by atoms with Gasteiger partial charge in [0.15, 0.2) is 0 Å². The minimum atomic E-state index is -0.643. The summed E-state index contributed by atoms with van der Waals surface area (Å²) < 4.78 is 22.6. The summed E-state index contributed by atoms with van der Waals surface area (Å²) in [5.74, 6) is 0. The van der Waals surface area contributed by atoms with Gasteiger partial charge >= 0.3 is 0 Å². The second-order valence-corrected chi connectivity index (χ2v) is 7.62. The lowest BCUT2D eigenvalue weighted by atomic mass is 9.80. The summed E-state index contributed by atoms with van der Waals surface area (Å²) in [5, 5.41) is 0. The molecule has 3 rings (SSSR count). The molecule has 3 aromatic rings. The van der Waals surface area contributed by atoms with Gasteiger partial charge in [-0.05, 0) is 36.0 Å². The molecule has 4 heteroatoms. The first-order valence-corrected chi connectivity index (χ1v) is 11.3. The van der Waals surface area contributed by atoms with Gasteiger partial charge in [0.2, 0.25) is 0 Å². The van der Waals surface area contributed by atoms with E-state index in [0.29, 0.717) is 33.2 Å². The van der Waals surface area contributed by atoms with E-state index in [1.165, 1.54) is 0 Å². The van der Waals surface area contributed by atoms with Gasteiger partial charge < -0.3 is 18.9 Å². The van der Waals surface area contributed by atoms with Gasteiger partial charge in [-0.3, -0.25) is 0 Å². The zero-order valence-corrected chi connectivity index (χ0v) is 19.0. The first-order chi connectivity index (χ1) is 15.9. The molecular weight excluding hydrogens is 400 g/mol. The Labute approximate surface area is 192 Å². The normalized spacial score (nSPS) is 11.5. The average molecular weight is 435 g/mol. The molecular formula is C28H34O4. The molecule has 0 saturated carbocycles. The molecule has 0 aliphatic carbocycles. The van der Waals surface area contributed by atoms with Crippen LogP contribution < -0.4 is 0 Å². The predicted molar refractivity (Wildman–Crippen MR) is 128 cm³/mol. The lowest BCUT2D eigenvalue weighted by Gasteiger charge is -2.36. The third kappa shape index (κ3) is 6.75. The summed E-state index contributed by atoms with van der Waals surface area (Å²) in [4.78, 5) is 0. The van der Waals surface area contributed by atoms with E-state index in [-0.39, 0.29) is 0 Å². The number of unbranched alkanes of at least 4 members (excludes halogenated alkanes) is 2. The van der Waals surface area contributed by atoms with Gasteiger partial charge in [-0.2, -0.15) is 0 Å². The molecule has 3 aromatic carbocycles. The first kappa shape index (κ1) is 24.1. The van der Waals surface area contributed by atoms with Crippen LogP contribution in [0.15, 0.2) is 91.0 Å². The van der Waals surface area contributed by atoms with Crippen molar-refractivity contribution in [2.75, 3.05) is 40.3 Å². The molecule has 32 heavy (non-hydrogen) atoms. The molecule has 0 radical (unpaired) electrons. The lowest BCUT2D eigenvalue weighted by Crippen LogP contribution is -2.33. The van der Waals surface area contributed by atoms with E-state index in [1.54, 1.807) is 7.11 Å². The Kier molecular flexibility index (Phi) is 10.4. The summed E-state index contributed by atoms with van der Waals surface area (Å²) in [6, 6.07) is 31.5. The Morgan fingerprint density at radius 2 is 1.00 bits per heavy atom. The largest absolute Gasteiger partial charge is 0.382 e. The first-order valence-electron chi connectivity index (χ1n) is 11.3. The molecule has 0 aliphatic heterocycles. The molecule has 0 N–H and O–H groups in total. The maximum atomic E-state index is 6.78. The summed E-state index contributed by atoms with van der Waals surface area (Å²) in [7, 11) is 1.66. The zero-order valence-electron chi connectivity index (χ0n) is 19.0. The number of methoxy groups -OCH3 is 1. The van der Waals surface area contributed by atoms with E-state index < -0.39 is 5.60 Å². The van der Waals surface area contributed by atoms with E-state index in [0.717, 1.165) is 36.0 Å². The second-order valence-electron chi connectivity index (χ2n) is 7.62. The fourth-order valence-electron chi connectivity index (χ4n) is 3.80. The van der Waals surface area contributed by atoms with Gasteiger partial charge in [0.1, 0.15) is 12.4 Å². The SMILES string of the molecule is COCCOCOCCCCCOC(c1ccccc1)(c1ccccc1)c1ccccc1. The molecule has 0 amide bonds. The molecule has 0 atom stereocenters. The van der Waals surface area contributed by atoms with Crippen LogP contribution >= 0.6 is 0 Å². The van der Waals surface area contributed by atoms with Crippen molar-refractivity contribution in [1.82, 2.24) is 0 Å². The third-order valence-corrected chi connectivity index (χ3v) is 5.39. The number of hydrogen-bond acceptors (Lipinski definition) is 4. The lowest BCUT2D eigenvalue weighted by molar-refractivity contribution is -0.0668. The predicted octanol–water partition coefficient (Wildman–Crippen LogP) is 5.80. The molecule has 4 nitrogen and oxygen atoms in total. The monoisotopic (exact) mass is 434 g/mol. The van der Waals surface area contributed by atoms with Gasteiger partial charge in [0, 0.05) is 20.3 Å². The van der Waals surface area contributed by atoms with E-state index in [9.17, 15) is 0 Å². The molecule has 0 bridgehead atoms. The van der Waals surface area contributed by atoms with Crippen molar-refractivity contribution in [2.24, 2.45) is 0 Å². The van der Waals surface area contributed by atoms with Gasteiger partial charge in [-0.25, -0.2) is 0 Å². The van der Waals surface area contributed by atoms with E-state index in [1.807, 2.05) is 18.2 Å². The van der Waals surface area contributed by atoms with Crippen LogP contribution in [0.2, 0.25) is 0 Å². The third-order valence-electron chi connectivity index (χ3n) is 5.39. The molecule has 0 aromatic heterocycles. The number of ether oxygens (including phenoxy) is 4. The van der Waals surface area contributed by atoms with Gasteiger partial charge in [-0.15, -0.1) is 0 Å². The standard InChI is InChI=1S/C28H34O4/c1-29-22-23-31-24-30-20-12-5-13-21-32-28(25-14-6-2-7-15-25,26-16-8-3-9-17-26)27-18-10-4-11-19-27/h2-4,6-11,14-19H,5,12-13,20-24H2,1H3. The highest BCUT2D eigenvalue weighted by molar-refractivity contribution is 5.47. The fourth-order valence-corrected chi connectivity index (χ4v) is 3.80. The Hall–Kier alpha value is -2.50. The fraction of sp³-hybridized carbons (Fsp3) is 0.357. The van der Waals surface area contributed by atoms with Crippen molar-refractivity contribution in [3.05, 3.63) is 108 Å². The zero-order chi connectivity index (χ0) is 22.3. The van der Waals surface area contributed by atoms with Gasteiger partial charge in [0.05, 0.1) is 13.2 Å². The van der Waals surface area contributed by atoms with Crippen molar-refractivity contribution < 1.29 is 18.9 Å². The van der Waals surface area contributed by atoms with Crippen LogP contribution in [-0.4, -0.2) is 40.3 Å². The average Bonchev–Trinajstić information content (AvgIpc) is 2.87.